The van der Waals surface area contributed by atoms with Crippen LogP contribution < -0.4 is 0 Å². The van der Waals surface area contributed by atoms with Gasteiger partial charge in [-0.1, -0.05) is 48.4 Å². The Morgan fingerprint density at radius 3 is 2.67 bits per heavy atom. The van der Waals surface area contributed by atoms with Crippen LogP contribution in [0.2, 0.25) is 5.02 Å². The second-order valence-electron chi connectivity index (χ2n) is 8.59. The van der Waals surface area contributed by atoms with Gasteiger partial charge >= 0.3 is 5.97 Å². The molecular formula is C27H31ClN2O3. The Balaban J connectivity index is 1.44. The quantitative estimate of drug-likeness (QED) is 0.298. The van der Waals surface area contributed by atoms with Crippen LogP contribution in [0.25, 0.3) is 10.9 Å². The molecule has 0 atom stereocenters. The predicted molar refractivity (Wildman–Crippen MR) is 131 cm³/mol. The van der Waals surface area contributed by atoms with Crippen molar-refractivity contribution < 1.29 is 14.3 Å². The summed E-state index contributed by atoms with van der Waals surface area (Å²) in [6.45, 7) is 4.34. The average Bonchev–Trinajstić information content (AvgIpc) is 3.12. The minimum Gasteiger partial charge on any atom is -0.466 e. The van der Waals surface area contributed by atoms with Crippen LogP contribution in [0.4, 0.5) is 0 Å². The lowest BCUT2D eigenvalue weighted by Gasteiger charge is -2.29. The van der Waals surface area contributed by atoms with Gasteiger partial charge in [0, 0.05) is 47.6 Å². The molecule has 0 saturated heterocycles. The molecule has 6 heteroatoms. The van der Waals surface area contributed by atoms with Crippen LogP contribution >= 0.6 is 11.6 Å². The number of esters is 1. The topological polar surface area (TPSA) is 51.5 Å². The first-order valence-corrected chi connectivity index (χ1v) is 12.2. The molecule has 33 heavy (non-hydrogen) atoms. The van der Waals surface area contributed by atoms with Crippen molar-refractivity contribution in [2.24, 2.45) is 0 Å². The van der Waals surface area contributed by atoms with Crippen molar-refractivity contribution in [3.05, 3.63) is 70.4 Å². The number of benzene rings is 2. The molecule has 0 spiro atoms. The third-order valence-electron chi connectivity index (χ3n) is 6.33. The van der Waals surface area contributed by atoms with Crippen molar-refractivity contribution in [1.29, 1.82) is 0 Å². The number of para-hydroxylation sites is 1. The summed E-state index contributed by atoms with van der Waals surface area (Å²) in [5.74, 6) is 0.0382. The van der Waals surface area contributed by atoms with Gasteiger partial charge in [0.25, 0.3) is 0 Å². The van der Waals surface area contributed by atoms with E-state index in [1.165, 1.54) is 22.2 Å². The fourth-order valence-corrected chi connectivity index (χ4v) is 4.93. The summed E-state index contributed by atoms with van der Waals surface area (Å²) in [7, 11) is 0. The molecule has 174 valence electrons. The van der Waals surface area contributed by atoms with Gasteiger partial charge in [0.05, 0.1) is 13.2 Å². The largest absolute Gasteiger partial charge is 0.466 e. The van der Waals surface area contributed by atoms with E-state index in [1.807, 2.05) is 30.0 Å². The second-order valence-corrected chi connectivity index (χ2v) is 9.03. The van der Waals surface area contributed by atoms with Crippen molar-refractivity contribution in [3.8, 4) is 0 Å². The highest BCUT2D eigenvalue weighted by Gasteiger charge is 2.26. The van der Waals surface area contributed by atoms with E-state index in [0.29, 0.717) is 26.0 Å². The van der Waals surface area contributed by atoms with Crippen LogP contribution in [-0.4, -0.2) is 34.5 Å². The number of halogens is 1. The van der Waals surface area contributed by atoms with Gasteiger partial charge in [-0.15, -0.1) is 0 Å². The zero-order valence-electron chi connectivity index (χ0n) is 19.2. The minimum absolute atomic E-state index is 0.153. The number of fused-ring (bicyclic) bond motifs is 3. The number of ether oxygens (including phenoxy) is 1. The normalized spacial score (nSPS) is 13.2. The number of rotatable bonds is 9. The van der Waals surface area contributed by atoms with Crippen molar-refractivity contribution >= 4 is 34.4 Å². The Hall–Kier alpha value is -2.79. The highest BCUT2D eigenvalue weighted by molar-refractivity contribution is 6.30. The van der Waals surface area contributed by atoms with Crippen LogP contribution in [0.15, 0.2) is 48.5 Å². The molecule has 0 fully saturated rings. The van der Waals surface area contributed by atoms with E-state index in [0.717, 1.165) is 49.4 Å². The predicted octanol–water partition coefficient (Wildman–Crippen LogP) is 5.74. The summed E-state index contributed by atoms with van der Waals surface area (Å²) in [4.78, 5) is 26.4. The third-order valence-corrected chi connectivity index (χ3v) is 6.56. The van der Waals surface area contributed by atoms with Crippen LogP contribution in [0.1, 0.15) is 55.8 Å². The first-order chi connectivity index (χ1) is 16.1. The van der Waals surface area contributed by atoms with Crippen molar-refractivity contribution in [3.63, 3.8) is 0 Å². The monoisotopic (exact) mass is 466 g/mol. The van der Waals surface area contributed by atoms with Gasteiger partial charge in [-0.2, -0.15) is 0 Å². The zero-order valence-corrected chi connectivity index (χ0v) is 19.9. The molecule has 2 aromatic carbocycles. The summed E-state index contributed by atoms with van der Waals surface area (Å²) in [5, 5.41) is 2.01. The average molecular weight is 467 g/mol. The summed E-state index contributed by atoms with van der Waals surface area (Å²) in [5.41, 5.74) is 4.93. The van der Waals surface area contributed by atoms with E-state index >= 15 is 0 Å². The van der Waals surface area contributed by atoms with Crippen molar-refractivity contribution in [1.82, 2.24) is 9.47 Å². The number of hydrogen-bond acceptors (Lipinski definition) is 3. The number of nitrogens with zero attached hydrogens (tertiary/aromatic N) is 2. The standard InChI is InChI=1S/C27H31ClN2O3/c1-2-33-27(32)14-5-3-4-13-26(31)29-16-15-23-22-11-6-7-12-24(22)30(25(23)19-29)18-20-9-8-10-21(28)17-20/h6-12,17H,2-5,13-16,18-19H2,1H3. The molecule has 1 aliphatic rings. The summed E-state index contributed by atoms with van der Waals surface area (Å²) >= 11 is 6.23. The van der Waals surface area contributed by atoms with E-state index in [4.69, 9.17) is 16.3 Å². The maximum atomic E-state index is 12.9. The number of carbonyl (C=O) groups excluding carboxylic acids is 2. The fraction of sp³-hybridized carbons (Fsp3) is 0.407. The van der Waals surface area contributed by atoms with E-state index in [2.05, 4.69) is 34.9 Å². The molecule has 1 amide bonds. The summed E-state index contributed by atoms with van der Waals surface area (Å²) < 4.78 is 7.30. The molecule has 0 unspecified atom stereocenters. The molecule has 0 saturated carbocycles. The van der Waals surface area contributed by atoms with E-state index in [1.54, 1.807) is 0 Å². The van der Waals surface area contributed by atoms with Gasteiger partial charge in [-0.25, -0.2) is 0 Å². The molecule has 1 aromatic heterocycles. The highest BCUT2D eigenvalue weighted by Crippen LogP contribution is 2.32. The Morgan fingerprint density at radius 2 is 1.85 bits per heavy atom. The molecule has 0 aliphatic carbocycles. The van der Waals surface area contributed by atoms with E-state index in [-0.39, 0.29) is 11.9 Å². The first kappa shape index (κ1) is 23.4. The molecule has 0 bridgehead atoms. The number of hydrogen-bond donors (Lipinski definition) is 0. The molecule has 5 nitrogen and oxygen atoms in total. The van der Waals surface area contributed by atoms with Gasteiger partial charge in [0.2, 0.25) is 5.91 Å². The molecule has 4 rings (SSSR count). The lowest BCUT2D eigenvalue weighted by Crippen LogP contribution is -2.36. The smallest absolute Gasteiger partial charge is 0.305 e. The molecule has 1 aliphatic heterocycles. The number of unbranched alkanes of at least 4 members (excludes halogenated alkanes) is 2. The number of aromatic nitrogens is 1. The van der Waals surface area contributed by atoms with Crippen LogP contribution in [0.5, 0.6) is 0 Å². The molecule has 0 N–H and O–H groups in total. The van der Waals surface area contributed by atoms with Gasteiger partial charge in [0.1, 0.15) is 0 Å². The van der Waals surface area contributed by atoms with Crippen molar-refractivity contribution in [2.45, 2.75) is 58.5 Å². The van der Waals surface area contributed by atoms with Crippen LogP contribution in [0.3, 0.4) is 0 Å². The molecule has 3 aromatic rings. The molecule has 0 radical (unpaired) electrons. The Kier molecular flexibility index (Phi) is 7.71. The third kappa shape index (κ3) is 5.59. The highest BCUT2D eigenvalue weighted by atomic mass is 35.5. The van der Waals surface area contributed by atoms with Gasteiger partial charge in [-0.05, 0) is 55.5 Å². The zero-order chi connectivity index (χ0) is 23.2. The van der Waals surface area contributed by atoms with E-state index < -0.39 is 0 Å². The molecular weight excluding hydrogens is 436 g/mol. The Labute approximate surface area is 200 Å². The fourth-order valence-electron chi connectivity index (χ4n) is 4.72. The second kappa shape index (κ2) is 10.9. The van der Waals surface area contributed by atoms with Crippen LogP contribution in [-0.2, 0) is 33.8 Å². The van der Waals surface area contributed by atoms with Gasteiger partial charge in [0.15, 0.2) is 0 Å². The van der Waals surface area contributed by atoms with Crippen molar-refractivity contribution in [2.75, 3.05) is 13.2 Å². The SMILES string of the molecule is CCOC(=O)CCCCCC(=O)N1CCc2c(n(Cc3cccc(Cl)c3)c3ccccc23)C1. The van der Waals surface area contributed by atoms with Gasteiger partial charge in [-0.3, -0.25) is 9.59 Å². The maximum Gasteiger partial charge on any atom is 0.305 e. The minimum atomic E-state index is -0.153. The lowest BCUT2D eigenvalue weighted by molar-refractivity contribution is -0.143. The summed E-state index contributed by atoms with van der Waals surface area (Å²) in [6.07, 6.45) is 4.24. The number of amides is 1. The Bertz CT molecular complexity index is 1140. The maximum absolute atomic E-state index is 12.9. The lowest BCUT2D eigenvalue weighted by atomic mass is 10.0. The first-order valence-electron chi connectivity index (χ1n) is 11.8. The number of carbonyl (C=O) groups is 2. The van der Waals surface area contributed by atoms with Crippen LogP contribution in [0, 0.1) is 0 Å². The Morgan fingerprint density at radius 1 is 1.03 bits per heavy atom. The van der Waals surface area contributed by atoms with Gasteiger partial charge < -0.3 is 14.2 Å². The summed E-state index contributed by atoms with van der Waals surface area (Å²) in [6, 6.07) is 16.5. The van der Waals surface area contributed by atoms with E-state index in [9.17, 15) is 9.59 Å². The molecule has 2 heterocycles.